The van der Waals surface area contributed by atoms with Gasteiger partial charge in [0.15, 0.2) is 0 Å². The lowest BCUT2D eigenvalue weighted by Crippen LogP contribution is -3.16. The first-order valence-electron chi connectivity index (χ1n) is 4.61. The van der Waals surface area contributed by atoms with E-state index >= 15 is 0 Å². The highest BCUT2D eigenvalue weighted by molar-refractivity contribution is 5.80. The van der Waals surface area contributed by atoms with Gasteiger partial charge >= 0.3 is 5.91 Å². The first-order chi connectivity index (χ1) is 6.15. The van der Waals surface area contributed by atoms with E-state index in [0.29, 0.717) is 6.42 Å². The maximum absolute atomic E-state index is 11.5. The lowest BCUT2D eigenvalue weighted by atomic mass is 9.76. The van der Waals surface area contributed by atoms with Crippen molar-refractivity contribution in [3.63, 3.8) is 0 Å². The van der Waals surface area contributed by atoms with Gasteiger partial charge in [-0.2, -0.15) is 0 Å². The van der Waals surface area contributed by atoms with Crippen LogP contribution in [0.3, 0.4) is 0 Å². The van der Waals surface area contributed by atoms with Gasteiger partial charge < -0.3 is 10.3 Å². The Morgan fingerprint density at radius 3 is 3.00 bits per heavy atom. The predicted molar refractivity (Wildman–Crippen MR) is 48.7 cm³/mol. The van der Waals surface area contributed by atoms with Gasteiger partial charge in [-0.1, -0.05) is 19.1 Å². The Balaban J connectivity index is 2.43. The van der Waals surface area contributed by atoms with Crippen LogP contribution in [-0.4, -0.2) is 11.9 Å². The fraction of sp³-hybridized carbons (Fsp3) is 0.500. The summed E-state index contributed by atoms with van der Waals surface area (Å²) in [7, 11) is 0. The molecule has 1 fully saturated rings. The highest BCUT2D eigenvalue weighted by Gasteiger charge is 2.43. The molecule has 2 bridgehead atoms. The van der Waals surface area contributed by atoms with Crippen molar-refractivity contribution in [2.75, 3.05) is 0 Å². The summed E-state index contributed by atoms with van der Waals surface area (Å²) >= 11 is 0. The molecule has 3 aliphatic rings. The minimum absolute atomic E-state index is 0.194. The van der Waals surface area contributed by atoms with Gasteiger partial charge in [0, 0.05) is 6.42 Å². The van der Waals surface area contributed by atoms with Gasteiger partial charge in [0.2, 0.25) is 0 Å². The quantitative estimate of drug-likeness (QED) is 0.461. The summed E-state index contributed by atoms with van der Waals surface area (Å²) in [6.45, 7) is 5.88. The second kappa shape index (κ2) is 2.79. The minimum atomic E-state index is -0.275. The molecule has 2 heterocycles. The van der Waals surface area contributed by atoms with Crippen molar-refractivity contribution in [1.82, 2.24) is 0 Å². The summed E-state index contributed by atoms with van der Waals surface area (Å²) in [5.74, 6) is -0.511. The van der Waals surface area contributed by atoms with Gasteiger partial charge in [0.1, 0.15) is 12.0 Å². The fourth-order valence-corrected chi connectivity index (χ4v) is 2.25. The van der Waals surface area contributed by atoms with Crippen LogP contribution in [0.4, 0.5) is 0 Å². The summed E-state index contributed by atoms with van der Waals surface area (Å²) in [4.78, 5) is 11.5. The van der Waals surface area contributed by atoms with E-state index in [1.807, 2.05) is 13.0 Å². The van der Waals surface area contributed by atoms with E-state index in [1.54, 1.807) is 0 Å². The molecule has 1 aliphatic carbocycles. The summed E-state index contributed by atoms with van der Waals surface area (Å²) in [5, 5.41) is 11.1. The molecule has 0 aromatic carbocycles. The number of amides is 1. The number of rotatable bonds is 1. The van der Waals surface area contributed by atoms with E-state index in [4.69, 9.17) is 0 Å². The molecule has 1 amide bonds. The number of hydroxylamine groups is 2. The van der Waals surface area contributed by atoms with Crippen LogP contribution >= 0.6 is 0 Å². The van der Waals surface area contributed by atoms with Crippen molar-refractivity contribution < 1.29 is 9.86 Å². The van der Waals surface area contributed by atoms with E-state index in [0.717, 1.165) is 17.6 Å². The molecule has 0 aromatic rings. The third kappa shape index (κ3) is 1.08. The molecule has 70 valence electrons. The monoisotopic (exact) mass is 179 g/mol. The number of piperidine rings is 1. The van der Waals surface area contributed by atoms with Gasteiger partial charge in [-0.25, -0.2) is 4.79 Å². The Kier molecular flexibility index (Phi) is 1.86. The molecule has 3 nitrogen and oxygen atoms in total. The molecule has 3 atom stereocenters. The van der Waals surface area contributed by atoms with E-state index in [1.165, 1.54) is 0 Å². The molecule has 0 saturated carbocycles. The van der Waals surface area contributed by atoms with E-state index in [-0.39, 0.29) is 22.9 Å². The number of carbonyl (C=O) groups excluding carboxylic acids is 1. The van der Waals surface area contributed by atoms with Gasteiger partial charge in [-0.05, 0) is 18.1 Å². The molecule has 0 radical (unpaired) electrons. The summed E-state index contributed by atoms with van der Waals surface area (Å²) in [6, 6.07) is -0.194. The average Bonchev–Trinajstić information content (AvgIpc) is 2.12. The first kappa shape index (κ1) is 8.66. The Bertz CT molecular complexity index is 306. The van der Waals surface area contributed by atoms with E-state index in [9.17, 15) is 10.0 Å². The molecular weight excluding hydrogens is 166 g/mol. The summed E-state index contributed by atoms with van der Waals surface area (Å²) in [5.41, 5.74) is 2.01. The Morgan fingerprint density at radius 2 is 2.46 bits per heavy atom. The summed E-state index contributed by atoms with van der Waals surface area (Å²) in [6.07, 6.45) is 3.49. The van der Waals surface area contributed by atoms with Gasteiger partial charge in [-0.15, -0.1) is 0 Å². The molecule has 3 rings (SSSR count). The number of nitrogens with one attached hydrogen (secondary N) is 1. The molecule has 0 spiro atoms. The Labute approximate surface area is 77.3 Å². The fourth-order valence-electron chi connectivity index (χ4n) is 2.25. The first-order valence-corrected chi connectivity index (χ1v) is 4.61. The SMILES string of the molecule is C=C1CC2C=C(CC)C1C(=O)[NH+]2[O-]. The minimum Gasteiger partial charge on any atom is -0.626 e. The highest BCUT2D eigenvalue weighted by Crippen LogP contribution is 2.32. The normalized spacial score (nSPS) is 38.0. The average molecular weight is 179 g/mol. The number of quaternary nitrogens is 1. The molecular formula is C10H13NO2. The van der Waals surface area contributed by atoms with Crippen LogP contribution in [0.2, 0.25) is 0 Å². The lowest BCUT2D eigenvalue weighted by Gasteiger charge is -2.42. The number of carbonyl (C=O) groups is 1. The molecule has 13 heavy (non-hydrogen) atoms. The molecule has 1 saturated heterocycles. The highest BCUT2D eigenvalue weighted by atomic mass is 16.5. The van der Waals surface area contributed by atoms with Crippen LogP contribution in [0.1, 0.15) is 19.8 Å². The molecule has 1 N–H and O–H groups in total. The number of hydrogen-bond acceptors (Lipinski definition) is 2. The largest absolute Gasteiger partial charge is 0.626 e. The van der Waals surface area contributed by atoms with E-state index in [2.05, 4.69) is 6.58 Å². The van der Waals surface area contributed by atoms with E-state index < -0.39 is 0 Å². The van der Waals surface area contributed by atoms with Gasteiger partial charge in [0.05, 0.1) is 0 Å². The molecule has 3 heteroatoms. The van der Waals surface area contributed by atoms with Crippen LogP contribution < -0.4 is 5.06 Å². The third-order valence-corrected chi connectivity index (χ3v) is 2.93. The third-order valence-electron chi connectivity index (χ3n) is 2.93. The van der Waals surface area contributed by atoms with Gasteiger partial charge in [0.25, 0.3) is 0 Å². The predicted octanol–water partition coefficient (Wildman–Crippen LogP) is 0.190. The van der Waals surface area contributed by atoms with Crippen molar-refractivity contribution in [2.45, 2.75) is 25.8 Å². The molecule has 0 aromatic heterocycles. The van der Waals surface area contributed by atoms with Crippen LogP contribution in [0.25, 0.3) is 0 Å². The number of fused-ring (bicyclic) bond motifs is 2. The topological polar surface area (TPSA) is 44.6 Å². The lowest BCUT2D eigenvalue weighted by molar-refractivity contribution is -0.793. The standard InChI is InChI=1S/C10H13NO2/c1-3-7-5-8-4-6(2)9(7)10(12)11(8)13/h5,8-9,11H,2-4H2,1H3. The smallest absolute Gasteiger partial charge is 0.323 e. The zero-order valence-electron chi connectivity index (χ0n) is 7.67. The second-order valence-corrected chi connectivity index (χ2v) is 3.73. The van der Waals surface area contributed by atoms with Crippen molar-refractivity contribution in [3.8, 4) is 0 Å². The molecule has 3 unspecified atom stereocenters. The van der Waals surface area contributed by atoms with Crippen LogP contribution in [0.5, 0.6) is 0 Å². The Morgan fingerprint density at radius 1 is 1.77 bits per heavy atom. The second-order valence-electron chi connectivity index (χ2n) is 3.73. The van der Waals surface area contributed by atoms with Crippen LogP contribution in [0.15, 0.2) is 23.8 Å². The zero-order valence-corrected chi connectivity index (χ0v) is 7.67. The maximum atomic E-state index is 11.5. The molecule has 2 aliphatic heterocycles. The van der Waals surface area contributed by atoms with Crippen molar-refractivity contribution >= 4 is 5.91 Å². The zero-order chi connectivity index (χ0) is 9.59. The summed E-state index contributed by atoms with van der Waals surface area (Å²) < 4.78 is 0. The Hall–Kier alpha value is -0.930. The van der Waals surface area contributed by atoms with Gasteiger partial charge in [-0.3, -0.25) is 0 Å². The van der Waals surface area contributed by atoms with Crippen LogP contribution in [-0.2, 0) is 4.79 Å². The van der Waals surface area contributed by atoms with Crippen LogP contribution in [0, 0.1) is 11.1 Å². The van der Waals surface area contributed by atoms with Crippen molar-refractivity contribution in [3.05, 3.63) is 29.0 Å². The van der Waals surface area contributed by atoms with Crippen molar-refractivity contribution in [1.29, 1.82) is 0 Å². The van der Waals surface area contributed by atoms with Crippen molar-refractivity contribution in [2.24, 2.45) is 5.92 Å². The maximum Gasteiger partial charge on any atom is 0.323 e. The number of hydrogen-bond donors (Lipinski definition) is 1.